The summed E-state index contributed by atoms with van der Waals surface area (Å²) in [6.07, 6.45) is 0.926. The van der Waals surface area contributed by atoms with Crippen molar-refractivity contribution < 1.29 is 0 Å². The molecule has 0 aromatic heterocycles. The maximum Gasteiger partial charge on any atom is 0.0452 e. The van der Waals surface area contributed by atoms with Gasteiger partial charge in [0.1, 0.15) is 0 Å². The molecule has 0 aliphatic rings. The van der Waals surface area contributed by atoms with Gasteiger partial charge < -0.3 is 0 Å². The van der Waals surface area contributed by atoms with Crippen LogP contribution in [0.3, 0.4) is 0 Å². The first-order chi connectivity index (χ1) is 8.97. The second-order valence-electron chi connectivity index (χ2n) is 4.76. The van der Waals surface area contributed by atoms with Crippen molar-refractivity contribution in [2.75, 3.05) is 0 Å². The fourth-order valence-corrected chi connectivity index (χ4v) is 3.48. The molecule has 100 valence electrons. The lowest BCUT2D eigenvalue weighted by Gasteiger charge is -2.14. The fraction of sp³-hybridized carbons (Fsp3) is 0.250. The minimum absolute atomic E-state index is 0.237. The number of rotatable bonds is 3. The molecule has 0 spiro atoms. The van der Waals surface area contributed by atoms with E-state index in [9.17, 15) is 0 Å². The summed E-state index contributed by atoms with van der Waals surface area (Å²) in [7, 11) is 0. The van der Waals surface area contributed by atoms with Crippen LogP contribution >= 0.6 is 43.5 Å². The average Bonchev–Trinajstić information content (AvgIpc) is 2.36. The van der Waals surface area contributed by atoms with E-state index in [0.717, 1.165) is 21.5 Å². The lowest BCUT2D eigenvalue weighted by atomic mass is 10.0. The quantitative estimate of drug-likeness (QED) is 0.521. The molecule has 0 radical (unpaired) electrons. The number of aryl methyl sites for hydroxylation is 2. The Bertz CT molecular complexity index is 576. The van der Waals surface area contributed by atoms with Crippen molar-refractivity contribution >= 4 is 43.5 Å². The monoisotopic (exact) mass is 400 g/mol. The summed E-state index contributed by atoms with van der Waals surface area (Å²) < 4.78 is 1.10. The van der Waals surface area contributed by atoms with Gasteiger partial charge in [0.25, 0.3) is 0 Å². The Labute approximate surface area is 136 Å². The zero-order valence-corrected chi connectivity index (χ0v) is 14.8. The van der Waals surface area contributed by atoms with Gasteiger partial charge in [-0.1, -0.05) is 61.7 Å². The summed E-state index contributed by atoms with van der Waals surface area (Å²) >= 11 is 13.6. The molecule has 0 heterocycles. The van der Waals surface area contributed by atoms with Gasteiger partial charge in [-0.05, 0) is 60.7 Å². The molecule has 2 aromatic carbocycles. The topological polar surface area (TPSA) is 0 Å². The Kier molecular flexibility index (Phi) is 5.10. The van der Waals surface area contributed by atoms with Gasteiger partial charge in [0.15, 0.2) is 0 Å². The van der Waals surface area contributed by atoms with Crippen LogP contribution in [0.15, 0.2) is 40.9 Å². The minimum Gasteiger partial charge on any atom is -0.0840 e. The maximum absolute atomic E-state index is 6.35. The highest BCUT2D eigenvalue weighted by Gasteiger charge is 2.13. The summed E-state index contributed by atoms with van der Waals surface area (Å²) in [5.74, 6) is 0. The summed E-state index contributed by atoms with van der Waals surface area (Å²) in [5.41, 5.74) is 4.96. The standard InChI is InChI=1S/C16H15Br2Cl/c1-10-7-14(16(19)8-11(10)2)15(18)9-12-3-5-13(17)6-4-12/h3-8,15H,9H2,1-2H3. The normalized spacial score (nSPS) is 12.5. The van der Waals surface area contributed by atoms with Crippen LogP contribution in [-0.4, -0.2) is 0 Å². The Hall–Kier alpha value is -0.310. The van der Waals surface area contributed by atoms with Gasteiger partial charge in [-0.25, -0.2) is 0 Å². The number of benzene rings is 2. The summed E-state index contributed by atoms with van der Waals surface area (Å²) in [4.78, 5) is 0.237. The van der Waals surface area contributed by atoms with Gasteiger partial charge in [-0.15, -0.1) is 0 Å². The number of hydrogen-bond donors (Lipinski definition) is 0. The van der Waals surface area contributed by atoms with E-state index >= 15 is 0 Å². The molecule has 0 saturated carbocycles. The van der Waals surface area contributed by atoms with Gasteiger partial charge in [0.2, 0.25) is 0 Å². The van der Waals surface area contributed by atoms with Crippen LogP contribution < -0.4 is 0 Å². The predicted octanol–water partition coefficient (Wildman–Crippen LogP) is 6.40. The van der Waals surface area contributed by atoms with E-state index in [1.54, 1.807) is 0 Å². The molecule has 0 aliphatic heterocycles. The Morgan fingerprint density at radius 2 is 1.63 bits per heavy atom. The highest BCUT2D eigenvalue weighted by Crippen LogP contribution is 2.34. The Balaban J connectivity index is 2.22. The van der Waals surface area contributed by atoms with E-state index in [0.29, 0.717) is 0 Å². The molecule has 1 unspecified atom stereocenters. The number of hydrogen-bond acceptors (Lipinski definition) is 0. The molecular weight excluding hydrogens is 387 g/mol. The maximum atomic E-state index is 6.35. The van der Waals surface area contributed by atoms with E-state index in [4.69, 9.17) is 11.6 Å². The zero-order valence-electron chi connectivity index (χ0n) is 10.9. The van der Waals surface area contributed by atoms with E-state index in [-0.39, 0.29) is 4.83 Å². The number of halogens is 3. The molecule has 0 nitrogen and oxygen atoms in total. The SMILES string of the molecule is Cc1cc(Cl)c(C(Br)Cc2ccc(Br)cc2)cc1C. The van der Waals surface area contributed by atoms with Crippen molar-refractivity contribution in [2.24, 2.45) is 0 Å². The molecular formula is C16H15Br2Cl. The van der Waals surface area contributed by atoms with Gasteiger partial charge in [-0.3, -0.25) is 0 Å². The van der Waals surface area contributed by atoms with Crippen LogP contribution in [0.1, 0.15) is 27.1 Å². The van der Waals surface area contributed by atoms with Crippen LogP contribution in [0.2, 0.25) is 5.02 Å². The third-order valence-electron chi connectivity index (χ3n) is 3.28. The first kappa shape index (κ1) is 15.1. The van der Waals surface area contributed by atoms with Crippen LogP contribution in [0.5, 0.6) is 0 Å². The summed E-state index contributed by atoms with van der Waals surface area (Å²) in [5, 5.41) is 0.835. The van der Waals surface area contributed by atoms with E-state index < -0.39 is 0 Å². The van der Waals surface area contributed by atoms with Crippen molar-refractivity contribution in [3.8, 4) is 0 Å². The third-order valence-corrected chi connectivity index (χ3v) is 4.95. The van der Waals surface area contributed by atoms with Crippen LogP contribution in [0.4, 0.5) is 0 Å². The summed E-state index contributed by atoms with van der Waals surface area (Å²) in [6.45, 7) is 4.21. The molecule has 0 bridgehead atoms. The second-order valence-corrected chi connectivity index (χ2v) is 7.18. The van der Waals surface area contributed by atoms with Crippen LogP contribution in [-0.2, 0) is 6.42 Å². The molecule has 0 aliphatic carbocycles. The first-order valence-electron chi connectivity index (χ1n) is 6.12. The lowest BCUT2D eigenvalue weighted by Crippen LogP contribution is -1.98. The van der Waals surface area contributed by atoms with Crippen molar-refractivity contribution in [1.82, 2.24) is 0 Å². The van der Waals surface area contributed by atoms with Crippen LogP contribution in [0.25, 0.3) is 0 Å². The molecule has 0 fully saturated rings. The molecule has 19 heavy (non-hydrogen) atoms. The van der Waals surface area contributed by atoms with E-state index in [1.165, 1.54) is 16.7 Å². The molecule has 2 aromatic rings. The van der Waals surface area contributed by atoms with Crippen LogP contribution in [0, 0.1) is 13.8 Å². The van der Waals surface area contributed by atoms with Gasteiger partial charge in [-0.2, -0.15) is 0 Å². The van der Waals surface area contributed by atoms with Gasteiger partial charge in [0.05, 0.1) is 0 Å². The van der Waals surface area contributed by atoms with Gasteiger partial charge >= 0.3 is 0 Å². The highest BCUT2D eigenvalue weighted by molar-refractivity contribution is 9.10. The Morgan fingerprint density at radius 1 is 1.05 bits per heavy atom. The highest BCUT2D eigenvalue weighted by atomic mass is 79.9. The smallest absolute Gasteiger partial charge is 0.0452 e. The molecule has 1 atom stereocenters. The molecule has 0 amide bonds. The number of alkyl halides is 1. The largest absolute Gasteiger partial charge is 0.0840 e. The van der Waals surface area contributed by atoms with E-state index in [1.807, 2.05) is 6.07 Å². The van der Waals surface area contributed by atoms with Crippen molar-refractivity contribution in [3.05, 3.63) is 68.1 Å². The van der Waals surface area contributed by atoms with E-state index in [2.05, 4.69) is 76.0 Å². The average molecular weight is 403 g/mol. The Morgan fingerprint density at radius 3 is 2.26 bits per heavy atom. The molecule has 2 rings (SSSR count). The third kappa shape index (κ3) is 3.84. The molecule has 3 heteroatoms. The minimum atomic E-state index is 0.237. The second kappa shape index (κ2) is 6.43. The van der Waals surface area contributed by atoms with Gasteiger partial charge in [0, 0.05) is 14.3 Å². The summed E-state index contributed by atoms with van der Waals surface area (Å²) in [6, 6.07) is 12.6. The molecule has 0 saturated heterocycles. The first-order valence-corrected chi connectivity index (χ1v) is 8.21. The predicted molar refractivity (Wildman–Crippen MR) is 90.4 cm³/mol. The lowest BCUT2D eigenvalue weighted by molar-refractivity contribution is 0.945. The molecule has 0 N–H and O–H groups in total. The van der Waals surface area contributed by atoms with Crippen molar-refractivity contribution in [3.63, 3.8) is 0 Å². The zero-order chi connectivity index (χ0) is 14.0. The van der Waals surface area contributed by atoms with Crippen molar-refractivity contribution in [1.29, 1.82) is 0 Å². The fourth-order valence-electron chi connectivity index (χ4n) is 1.98. The van der Waals surface area contributed by atoms with Crippen molar-refractivity contribution in [2.45, 2.75) is 25.1 Å².